The number of carbonyl (C=O) groups excluding carboxylic acids is 1. The number of rotatable bonds is 2. The van der Waals surface area contributed by atoms with Crippen LogP contribution in [0.25, 0.3) is 0 Å². The molecule has 1 aromatic rings. The Morgan fingerprint density at radius 3 is 2.48 bits per heavy atom. The molecule has 0 aliphatic heterocycles. The Balaban J connectivity index is 2.67. The van der Waals surface area contributed by atoms with Gasteiger partial charge in [-0.3, -0.25) is 20.8 Å². The number of nitrogens with zero attached hydrogens (tertiary/aromatic N) is 1. The Morgan fingerprint density at radius 2 is 2.00 bits per heavy atom. The number of hydrogen-bond acceptors (Lipinski definition) is 4. The Hall–Kier alpha value is -1.91. The molecule has 0 fully saturated rings. The van der Waals surface area contributed by atoms with Gasteiger partial charge in [-0.15, -0.1) is 0 Å². The predicted molar refractivity (Wildman–Crippen MR) is 88.6 cm³/mol. The van der Waals surface area contributed by atoms with Crippen molar-refractivity contribution in [2.45, 2.75) is 26.3 Å². The van der Waals surface area contributed by atoms with Crippen molar-refractivity contribution in [2.24, 2.45) is 0 Å². The van der Waals surface area contributed by atoms with Gasteiger partial charge in [-0.25, -0.2) is 4.79 Å². The molecule has 8 nitrogen and oxygen atoms in total. The number of urea groups is 1. The van der Waals surface area contributed by atoms with E-state index in [0.717, 1.165) is 0 Å². The molecular weight excluding hydrogens is 389 g/mol. The summed E-state index contributed by atoms with van der Waals surface area (Å²) in [5.74, 6) is -0.219. The Bertz CT molecular complexity index is 583. The van der Waals surface area contributed by atoms with E-state index in [1.165, 1.54) is 18.2 Å². The Kier molecular flexibility index (Phi) is 5.47. The summed E-state index contributed by atoms with van der Waals surface area (Å²) in [6, 6.07) is 3.69. The first kappa shape index (κ1) is 17.1. The summed E-state index contributed by atoms with van der Waals surface area (Å²) in [5.41, 5.74) is 0.0590. The van der Waals surface area contributed by atoms with Crippen LogP contribution in [0.5, 0.6) is 0 Å². The van der Waals surface area contributed by atoms with Crippen LogP contribution in [0.4, 0.5) is 16.2 Å². The number of non-ortho nitro benzene ring substituents is 1. The van der Waals surface area contributed by atoms with Crippen LogP contribution in [0.3, 0.4) is 0 Å². The van der Waals surface area contributed by atoms with Crippen molar-refractivity contribution in [3.63, 3.8) is 0 Å². The number of anilines is 1. The largest absolute Gasteiger partial charge is 0.333 e. The molecule has 21 heavy (non-hydrogen) atoms. The number of halogens is 1. The van der Waals surface area contributed by atoms with Crippen molar-refractivity contribution in [3.8, 4) is 0 Å². The summed E-state index contributed by atoms with van der Waals surface area (Å²) in [6.45, 7) is 5.47. The van der Waals surface area contributed by atoms with E-state index in [1.54, 1.807) is 0 Å². The Labute approximate surface area is 135 Å². The average molecular weight is 405 g/mol. The molecule has 0 aromatic heterocycles. The van der Waals surface area contributed by atoms with Crippen LogP contribution in [0, 0.1) is 19.1 Å². The van der Waals surface area contributed by atoms with E-state index in [2.05, 4.69) is 16.0 Å². The first-order valence-corrected chi connectivity index (χ1v) is 7.05. The van der Waals surface area contributed by atoms with Crippen LogP contribution in [0.2, 0.25) is 0 Å². The van der Waals surface area contributed by atoms with Gasteiger partial charge in [0.15, 0.2) is 0 Å². The third-order valence-corrected chi connectivity index (χ3v) is 3.04. The maximum absolute atomic E-state index is 11.6. The number of guanidine groups is 1. The highest BCUT2D eigenvalue weighted by atomic mass is 127. The van der Waals surface area contributed by atoms with Crippen LogP contribution in [-0.2, 0) is 0 Å². The second-order valence-electron chi connectivity index (χ2n) is 5.25. The lowest BCUT2D eigenvalue weighted by Gasteiger charge is -2.21. The molecule has 1 aromatic carbocycles. The molecule has 0 aliphatic carbocycles. The van der Waals surface area contributed by atoms with Gasteiger partial charge in [-0.2, -0.15) is 0 Å². The smallest absolute Gasteiger partial charge is 0.321 e. The number of benzene rings is 1. The quantitative estimate of drug-likeness (QED) is 0.199. The van der Waals surface area contributed by atoms with Gasteiger partial charge in [-0.1, -0.05) is 0 Å². The molecule has 114 valence electrons. The van der Waals surface area contributed by atoms with Crippen LogP contribution < -0.4 is 16.0 Å². The molecule has 0 bridgehead atoms. The van der Waals surface area contributed by atoms with Crippen molar-refractivity contribution in [3.05, 3.63) is 31.9 Å². The first-order chi connectivity index (χ1) is 9.58. The normalized spacial score (nSPS) is 10.7. The topological polar surface area (TPSA) is 120 Å². The lowest BCUT2D eigenvalue weighted by Crippen LogP contribution is -2.49. The maximum atomic E-state index is 11.6. The van der Waals surface area contributed by atoms with Crippen molar-refractivity contribution >= 4 is 46.0 Å². The first-order valence-electron chi connectivity index (χ1n) is 5.97. The molecule has 0 aliphatic rings. The molecule has 0 saturated heterocycles. The van der Waals surface area contributed by atoms with Gasteiger partial charge in [0.05, 0.1) is 10.6 Å². The third kappa shape index (κ3) is 5.94. The number of carbonyl (C=O) groups is 1. The zero-order chi connectivity index (χ0) is 16.2. The zero-order valence-corrected chi connectivity index (χ0v) is 13.9. The maximum Gasteiger partial charge on any atom is 0.321 e. The van der Waals surface area contributed by atoms with Gasteiger partial charge in [-0.05, 0) is 49.4 Å². The zero-order valence-electron chi connectivity index (χ0n) is 11.8. The number of nitro benzene ring substituents is 1. The molecule has 0 radical (unpaired) electrons. The highest BCUT2D eigenvalue weighted by Crippen LogP contribution is 2.23. The van der Waals surface area contributed by atoms with E-state index in [0.29, 0.717) is 9.26 Å². The summed E-state index contributed by atoms with van der Waals surface area (Å²) in [5, 5.41) is 26.0. The molecule has 0 atom stereocenters. The standard InChI is InChI=1S/C12H16IN5O3/c1-12(2,3)17-11(19)16-10(14)15-9-5-4-7(18(20)21)6-8(9)13/h4-6H,1-3H3,(H4,14,15,16,17,19). The second kappa shape index (κ2) is 6.70. The van der Waals surface area contributed by atoms with Gasteiger partial charge in [0.2, 0.25) is 5.96 Å². The highest BCUT2D eigenvalue weighted by molar-refractivity contribution is 14.1. The predicted octanol–water partition coefficient (Wildman–Crippen LogP) is 2.64. The van der Waals surface area contributed by atoms with Crippen LogP contribution >= 0.6 is 22.6 Å². The molecular formula is C12H16IN5O3. The van der Waals surface area contributed by atoms with Crippen LogP contribution in [0.1, 0.15) is 20.8 Å². The van der Waals surface area contributed by atoms with Gasteiger partial charge in [0.25, 0.3) is 5.69 Å². The molecule has 0 spiro atoms. The van der Waals surface area contributed by atoms with E-state index >= 15 is 0 Å². The lowest BCUT2D eigenvalue weighted by molar-refractivity contribution is -0.384. The third-order valence-electron chi connectivity index (χ3n) is 2.15. The number of amides is 2. The van der Waals surface area contributed by atoms with Crippen molar-refractivity contribution < 1.29 is 9.72 Å². The molecule has 4 N–H and O–H groups in total. The number of nitrogens with one attached hydrogen (secondary N) is 4. The molecule has 0 saturated carbocycles. The van der Waals surface area contributed by atoms with E-state index in [9.17, 15) is 14.9 Å². The van der Waals surface area contributed by atoms with Gasteiger partial charge in [0, 0.05) is 21.2 Å². The van der Waals surface area contributed by atoms with Crippen molar-refractivity contribution in [1.29, 1.82) is 5.41 Å². The molecule has 0 unspecified atom stereocenters. The van der Waals surface area contributed by atoms with Gasteiger partial charge in [0.1, 0.15) is 0 Å². The molecule has 1 rings (SSSR count). The Morgan fingerprint density at radius 1 is 1.38 bits per heavy atom. The summed E-state index contributed by atoms with van der Waals surface area (Å²) in [7, 11) is 0. The minimum Gasteiger partial charge on any atom is -0.333 e. The second-order valence-corrected chi connectivity index (χ2v) is 6.41. The molecule has 9 heteroatoms. The monoisotopic (exact) mass is 405 g/mol. The summed E-state index contributed by atoms with van der Waals surface area (Å²) in [4.78, 5) is 21.7. The molecule has 2 amide bonds. The summed E-state index contributed by atoms with van der Waals surface area (Å²) in [6.07, 6.45) is 0. The minimum absolute atomic E-state index is 0.0325. The number of nitro groups is 1. The van der Waals surface area contributed by atoms with Crippen LogP contribution in [0.15, 0.2) is 18.2 Å². The fourth-order valence-corrected chi connectivity index (χ4v) is 2.00. The fraction of sp³-hybridized carbons (Fsp3) is 0.333. The summed E-state index contributed by atoms with van der Waals surface area (Å²) >= 11 is 1.92. The molecule has 0 heterocycles. The lowest BCUT2D eigenvalue weighted by atomic mass is 10.1. The van der Waals surface area contributed by atoms with Gasteiger partial charge < -0.3 is 10.6 Å². The van der Waals surface area contributed by atoms with Crippen LogP contribution in [-0.4, -0.2) is 22.5 Å². The van der Waals surface area contributed by atoms with E-state index in [4.69, 9.17) is 5.41 Å². The number of hydrogen-bond donors (Lipinski definition) is 4. The minimum atomic E-state index is -0.503. The van der Waals surface area contributed by atoms with Gasteiger partial charge >= 0.3 is 6.03 Å². The highest BCUT2D eigenvalue weighted by Gasteiger charge is 2.15. The average Bonchev–Trinajstić information content (AvgIpc) is 2.28. The summed E-state index contributed by atoms with van der Waals surface area (Å²) < 4.78 is 0.574. The fourth-order valence-electron chi connectivity index (χ4n) is 1.37. The van der Waals surface area contributed by atoms with Crippen molar-refractivity contribution in [1.82, 2.24) is 10.6 Å². The van der Waals surface area contributed by atoms with Crippen molar-refractivity contribution in [2.75, 3.05) is 5.32 Å². The van der Waals surface area contributed by atoms with E-state index in [-0.39, 0.29) is 11.6 Å². The van der Waals surface area contributed by atoms with E-state index in [1.807, 2.05) is 43.4 Å². The SMILES string of the molecule is CC(C)(C)NC(=O)NC(=N)Nc1ccc([N+](=O)[O-])cc1I. The van der Waals surface area contributed by atoms with E-state index < -0.39 is 16.5 Å².